The van der Waals surface area contributed by atoms with Crippen molar-refractivity contribution in [1.29, 1.82) is 0 Å². The smallest absolute Gasteiger partial charge is 0.267 e. The molecule has 0 spiro atoms. The second-order valence-corrected chi connectivity index (χ2v) is 7.63. The third-order valence-electron chi connectivity index (χ3n) is 5.62. The van der Waals surface area contributed by atoms with E-state index in [0.717, 1.165) is 17.2 Å². The molecule has 4 aromatic rings. The second-order valence-electron chi connectivity index (χ2n) is 7.63. The van der Waals surface area contributed by atoms with E-state index in [0.29, 0.717) is 22.5 Å². The SMILES string of the molecule is COC1=CC=C(c2ccc3nc(N)n(-c4ccncc4)c(=O)c3c2)CN1c1ccc(F)cc1F. The molecule has 0 saturated heterocycles. The van der Waals surface area contributed by atoms with Gasteiger partial charge in [0.05, 0.1) is 35.9 Å². The van der Waals surface area contributed by atoms with Gasteiger partial charge in [0.25, 0.3) is 5.56 Å². The molecule has 5 rings (SSSR count). The van der Waals surface area contributed by atoms with E-state index in [4.69, 9.17) is 10.5 Å². The zero-order valence-corrected chi connectivity index (χ0v) is 18.1. The number of nitrogens with zero attached hydrogens (tertiary/aromatic N) is 4. The van der Waals surface area contributed by atoms with Gasteiger partial charge in [0.1, 0.15) is 11.6 Å². The number of fused-ring (bicyclic) bond motifs is 1. The van der Waals surface area contributed by atoms with Gasteiger partial charge >= 0.3 is 0 Å². The Morgan fingerprint density at radius 2 is 1.82 bits per heavy atom. The predicted molar refractivity (Wildman–Crippen MR) is 126 cm³/mol. The van der Waals surface area contributed by atoms with Gasteiger partial charge in [-0.15, -0.1) is 0 Å². The highest BCUT2D eigenvalue weighted by molar-refractivity contribution is 5.85. The van der Waals surface area contributed by atoms with Crippen LogP contribution in [0.1, 0.15) is 5.56 Å². The Morgan fingerprint density at radius 3 is 2.56 bits per heavy atom. The maximum atomic E-state index is 14.5. The lowest BCUT2D eigenvalue weighted by Gasteiger charge is -2.30. The first-order chi connectivity index (χ1) is 16.5. The van der Waals surface area contributed by atoms with Crippen LogP contribution in [-0.4, -0.2) is 28.2 Å². The molecule has 0 fully saturated rings. The fraction of sp³-hybridized carbons (Fsp3) is 0.0800. The van der Waals surface area contributed by atoms with Crippen molar-refractivity contribution in [2.75, 3.05) is 24.3 Å². The minimum Gasteiger partial charge on any atom is -0.482 e. The zero-order valence-electron chi connectivity index (χ0n) is 18.1. The summed E-state index contributed by atoms with van der Waals surface area (Å²) in [6, 6.07) is 12.0. The summed E-state index contributed by atoms with van der Waals surface area (Å²) < 4.78 is 34.7. The van der Waals surface area contributed by atoms with Gasteiger partial charge in [-0.3, -0.25) is 9.78 Å². The molecule has 0 radical (unpaired) electrons. The Hall–Kier alpha value is -4.53. The minimum absolute atomic E-state index is 0.0685. The molecule has 9 heteroatoms. The first-order valence-corrected chi connectivity index (χ1v) is 10.4. The van der Waals surface area contributed by atoms with Crippen LogP contribution in [0.4, 0.5) is 20.4 Å². The standard InChI is InChI=1S/C25H19F2N5O2/c1-34-23-7-3-16(14-31(23)22-6-4-17(26)13-20(22)27)15-2-5-21-19(12-15)24(33)32(25(28)30-21)18-8-10-29-11-9-18/h2-13H,14H2,1H3,(H2,28,30). The Kier molecular flexibility index (Phi) is 5.29. The number of hydrogen-bond donors (Lipinski definition) is 1. The molecule has 2 N–H and O–H groups in total. The third-order valence-corrected chi connectivity index (χ3v) is 5.62. The van der Waals surface area contributed by atoms with Crippen molar-refractivity contribution in [1.82, 2.24) is 14.5 Å². The van der Waals surface area contributed by atoms with Crippen molar-refractivity contribution in [3.63, 3.8) is 0 Å². The highest BCUT2D eigenvalue weighted by Crippen LogP contribution is 2.31. The highest BCUT2D eigenvalue weighted by atomic mass is 19.1. The topological polar surface area (TPSA) is 86.3 Å². The molecule has 0 atom stereocenters. The number of nitrogens with two attached hydrogens (primary N) is 1. The van der Waals surface area contributed by atoms with Crippen molar-refractivity contribution in [2.24, 2.45) is 0 Å². The van der Waals surface area contributed by atoms with Gasteiger partial charge in [-0.25, -0.2) is 18.3 Å². The predicted octanol–water partition coefficient (Wildman–Crippen LogP) is 4.03. The van der Waals surface area contributed by atoms with E-state index in [1.54, 1.807) is 47.6 Å². The van der Waals surface area contributed by atoms with Crippen LogP contribution < -0.4 is 16.2 Å². The van der Waals surface area contributed by atoms with Gasteiger partial charge in [0, 0.05) is 18.5 Å². The first-order valence-electron chi connectivity index (χ1n) is 10.4. The van der Waals surface area contributed by atoms with Crippen LogP contribution >= 0.6 is 0 Å². The third kappa shape index (κ3) is 3.66. The van der Waals surface area contributed by atoms with Crippen LogP contribution in [0.15, 0.2) is 83.8 Å². The summed E-state index contributed by atoms with van der Waals surface area (Å²) in [5.41, 5.74) is 8.49. The van der Waals surface area contributed by atoms with Crippen molar-refractivity contribution < 1.29 is 13.5 Å². The summed E-state index contributed by atoms with van der Waals surface area (Å²) in [4.78, 5) is 23.3. The van der Waals surface area contributed by atoms with E-state index in [1.165, 1.54) is 23.8 Å². The van der Waals surface area contributed by atoms with Crippen molar-refractivity contribution in [2.45, 2.75) is 0 Å². The molecule has 34 heavy (non-hydrogen) atoms. The summed E-state index contributed by atoms with van der Waals surface area (Å²) in [5.74, 6) is -0.894. The lowest BCUT2D eigenvalue weighted by Crippen LogP contribution is -2.28. The van der Waals surface area contributed by atoms with Gasteiger partial charge in [-0.2, -0.15) is 0 Å². The molecule has 0 aliphatic carbocycles. The highest BCUT2D eigenvalue weighted by Gasteiger charge is 2.22. The number of methoxy groups -OCH3 is 1. The number of nitrogen functional groups attached to an aromatic ring is 1. The van der Waals surface area contributed by atoms with Gasteiger partial charge in [-0.1, -0.05) is 12.1 Å². The van der Waals surface area contributed by atoms with Crippen molar-refractivity contribution >= 4 is 28.1 Å². The molecule has 2 aromatic heterocycles. The number of anilines is 2. The molecule has 0 amide bonds. The van der Waals surface area contributed by atoms with Crippen LogP contribution in [0.25, 0.3) is 22.2 Å². The summed E-state index contributed by atoms with van der Waals surface area (Å²) in [6.45, 7) is 0.245. The molecule has 1 aliphatic heterocycles. The maximum absolute atomic E-state index is 14.5. The minimum atomic E-state index is -0.706. The summed E-state index contributed by atoms with van der Waals surface area (Å²) in [6.07, 6.45) is 6.67. The van der Waals surface area contributed by atoms with Crippen molar-refractivity contribution in [3.8, 4) is 5.69 Å². The van der Waals surface area contributed by atoms with E-state index >= 15 is 0 Å². The number of aromatic nitrogens is 3. The molecule has 3 heterocycles. The maximum Gasteiger partial charge on any atom is 0.267 e. The first kappa shape index (κ1) is 21.3. The van der Waals surface area contributed by atoms with Gasteiger partial charge < -0.3 is 15.4 Å². The Labute approximate surface area is 193 Å². The Morgan fingerprint density at radius 1 is 1.03 bits per heavy atom. The number of allylic oxidation sites excluding steroid dienone is 2. The number of ether oxygens (including phenoxy) is 1. The summed E-state index contributed by atoms with van der Waals surface area (Å²) in [7, 11) is 1.48. The lowest BCUT2D eigenvalue weighted by atomic mass is 10.0. The second kappa shape index (κ2) is 8.43. The zero-order chi connectivity index (χ0) is 23.8. The number of pyridine rings is 1. The molecule has 2 aromatic carbocycles. The van der Waals surface area contributed by atoms with Crippen LogP contribution in [-0.2, 0) is 4.74 Å². The van der Waals surface area contributed by atoms with E-state index in [2.05, 4.69) is 9.97 Å². The number of hydrogen-bond acceptors (Lipinski definition) is 6. The van der Waals surface area contributed by atoms with Gasteiger partial charge in [-0.05, 0) is 53.6 Å². The fourth-order valence-electron chi connectivity index (χ4n) is 3.98. The number of benzene rings is 2. The van der Waals surface area contributed by atoms with E-state index in [9.17, 15) is 13.6 Å². The lowest BCUT2D eigenvalue weighted by molar-refractivity contribution is 0.279. The average molecular weight is 459 g/mol. The molecular formula is C25H19F2N5O2. The molecule has 7 nitrogen and oxygen atoms in total. The molecule has 0 unspecified atom stereocenters. The largest absolute Gasteiger partial charge is 0.482 e. The monoisotopic (exact) mass is 459 g/mol. The van der Waals surface area contributed by atoms with E-state index in [1.807, 2.05) is 12.1 Å². The molecule has 0 bridgehead atoms. The average Bonchev–Trinajstić information content (AvgIpc) is 2.84. The number of rotatable bonds is 4. The van der Waals surface area contributed by atoms with Gasteiger partial charge in [0.15, 0.2) is 5.88 Å². The molecular weight excluding hydrogens is 440 g/mol. The van der Waals surface area contributed by atoms with Crippen molar-refractivity contribution in [3.05, 3.63) is 107 Å². The van der Waals surface area contributed by atoms with Gasteiger partial charge in [0.2, 0.25) is 5.95 Å². The molecule has 0 saturated carbocycles. The quantitative estimate of drug-likeness (QED) is 0.496. The van der Waals surface area contributed by atoms with Crippen LogP contribution in [0.2, 0.25) is 0 Å². The van der Waals surface area contributed by atoms with Crippen LogP contribution in [0.3, 0.4) is 0 Å². The molecule has 1 aliphatic rings. The Bertz CT molecular complexity index is 1530. The number of halogens is 2. The van der Waals surface area contributed by atoms with E-state index < -0.39 is 11.6 Å². The fourth-order valence-corrected chi connectivity index (χ4v) is 3.98. The normalized spacial score (nSPS) is 13.6. The summed E-state index contributed by atoms with van der Waals surface area (Å²) >= 11 is 0. The van der Waals surface area contributed by atoms with Crippen LogP contribution in [0, 0.1) is 11.6 Å². The molecule has 170 valence electrons. The Balaban J connectivity index is 1.59. The van der Waals surface area contributed by atoms with Crippen LogP contribution in [0.5, 0.6) is 0 Å². The summed E-state index contributed by atoms with van der Waals surface area (Å²) in [5, 5.41) is 0.380. The van der Waals surface area contributed by atoms with E-state index in [-0.39, 0.29) is 23.7 Å².